The Morgan fingerprint density at radius 2 is 2.06 bits per heavy atom. The maximum absolute atomic E-state index is 6.07. The van der Waals surface area contributed by atoms with Crippen molar-refractivity contribution in [2.45, 2.75) is 37.6 Å². The van der Waals surface area contributed by atoms with Crippen LogP contribution in [0.25, 0.3) is 0 Å². The highest BCUT2D eigenvalue weighted by atomic mass is 35.5. The van der Waals surface area contributed by atoms with Gasteiger partial charge >= 0.3 is 0 Å². The molecule has 1 saturated carbocycles. The van der Waals surface area contributed by atoms with Crippen LogP contribution in [0.5, 0.6) is 5.75 Å². The highest BCUT2D eigenvalue weighted by Crippen LogP contribution is 2.35. The number of ether oxygens (including phenoxy) is 1. The molecule has 1 aliphatic carbocycles. The van der Waals surface area contributed by atoms with Crippen molar-refractivity contribution in [2.24, 2.45) is 0 Å². The summed E-state index contributed by atoms with van der Waals surface area (Å²) in [4.78, 5) is 0. The molecule has 0 atom stereocenters. The molecular weight excluding hydrogens is 234 g/mol. The molecule has 94 valence electrons. The number of methoxy groups -OCH3 is 1. The summed E-state index contributed by atoms with van der Waals surface area (Å²) in [5.41, 5.74) is 1.44. The molecule has 3 heteroatoms. The minimum atomic E-state index is 0.234. The van der Waals surface area contributed by atoms with Crippen LogP contribution in [0.15, 0.2) is 18.2 Å². The predicted octanol–water partition coefficient (Wildman–Crippen LogP) is 3.42. The van der Waals surface area contributed by atoms with Crippen LogP contribution in [0.2, 0.25) is 5.02 Å². The van der Waals surface area contributed by atoms with Gasteiger partial charge in [0.2, 0.25) is 0 Å². The van der Waals surface area contributed by atoms with Crippen LogP contribution in [0.1, 0.15) is 31.2 Å². The van der Waals surface area contributed by atoms with E-state index in [4.69, 9.17) is 16.3 Å². The van der Waals surface area contributed by atoms with Gasteiger partial charge in [0.15, 0.2) is 0 Å². The van der Waals surface area contributed by atoms with Crippen molar-refractivity contribution in [2.75, 3.05) is 14.2 Å². The van der Waals surface area contributed by atoms with E-state index in [9.17, 15) is 0 Å². The van der Waals surface area contributed by atoms with Gasteiger partial charge in [0.05, 0.1) is 7.11 Å². The molecule has 0 amide bonds. The normalized spacial score (nSPS) is 18.3. The Labute approximate surface area is 108 Å². The fourth-order valence-electron chi connectivity index (χ4n) is 2.82. The summed E-state index contributed by atoms with van der Waals surface area (Å²) in [6.07, 6.45) is 6.08. The first-order valence-corrected chi connectivity index (χ1v) is 6.58. The van der Waals surface area contributed by atoms with Gasteiger partial charge in [-0.2, -0.15) is 0 Å². The third kappa shape index (κ3) is 2.75. The minimum Gasteiger partial charge on any atom is -0.496 e. The number of rotatable bonds is 4. The summed E-state index contributed by atoms with van der Waals surface area (Å²) >= 11 is 6.07. The quantitative estimate of drug-likeness (QED) is 0.888. The van der Waals surface area contributed by atoms with Crippen LogP contribution < -0.4 is 10.1 Å². The van der Waals surface area contributed by atoms with E-state index < -0.39 is 0 Å². The van der Waals surface area contributed by atoms with Gasteiger partial charge in [-0.1, -0.05) is 24.4 Å². The van der Waals surface area contributed by atoms with Crippen LogP contribution in [0.3, 0.4) is 0 Å². The molecule has 1 aromatic carbocycles. The lowest BCUT2D eigenvalue weighted by atomic mass is 9.89. The Morgan fingerprint density at radius 3 is 2.65 bits per heavy atom. The van der Waals surface area contributed by atoms with Gasteiger partial charge in [-0.05, 0) is 50.1 Å². The zero-order valence-electron chi connectivity index (χ0n) is 10.6. The number of nitrogens with one attached hydrogen (secondary N) is 1. The molecule has 1 aliphatic rings. The fraction of sp³-hybridized carbons (Fsp3) is 0.571. The lowest BCUT2D eigenvalue weighted by molar-refractivity contribution is 0.345. The Hall–Kier alpha value is -0.730. The number of benzene rings is 1. The van der Waals surface area contributed by atoms with Crippen LogP contribution in [-0.4, -0.2) is 19.7 Å². The summed E-state index contributed by atoms with van der Waals surface area (Å²) in [7, 11) is 3.77. The van der Waals surface area contributed by atoms with E-state index in [0.29, 0.717) is 0 Å². The van der Waals surface area contributed by atoms with Gasteiger partial charge in [0, 0.05) is 10.6 Å². The minimum absolute atomic E-state index is 0.234. The van der Waals surface area contributed by atoms with Crippen molar-refractivity contribution in [3.8, 4) is 5.75 Å². The van der Waals surface area contributed by atoms with E-state index in [1.807, 2.05) is 18.2 Å². The smallest absolute Gasteiger partial charge is 0.122 e. The van der Waals surface area contributed by atoms with E-state index in [1.165, 1.54) is 31.2 Å². The number of hydrogen-bond donors (Lipinski definition) is 1. The van der Waals surface area contributed by atoms with Gasteiger partial charge in [-0.25, -0.2) is 0 Å². The summed E-state index contributed by atoms with van der Waals surface area (Å²) < 4.78 is 5.41. The highest BCUT2D eigenvalue weighted by molar-refractivity contribution is 6.30. The summed E-state index contributed by atoms with van der Waals surface area (Å²) in [6.45, 7) is 0. The first-order chi connectivity index (χ1) is 8.19. The van der Waals surface area contributed by atoms with Gasteiger partial charge in [0.25, 0.3) is 0 Å². The molecule has 17 heavy (non-hydrogen) atoms. The lowest BCUT2D eigenvalue weighted by Crippen LogP contribution is -2.42. The van der Waals surface area contributed by atoms with E-state index in [2.05, 4.69) is 12.4 Å². The third-order valence-corrected chi connectivity index (χ3v) is 4.10. The second-order valence-corrected chi connectivity index (χ2v) is 5.31. The Bertz CT molecular complexity index is 386. The first-order valence-electron chi connectivity index (χ1n) is 6.20. The molecule has 0 heterocycles. The highest BCUT2D eigenvalue weighted by Gasteiger charge is 2.32. The van der Waals surface area contributed by atoms with E-state index >= 15 is 0 Å². The van der Waals surface area contributed by atoms with Gasteiger partial charge in [-0.15, -0.1) is 0 Å². The molecule has 1 fully saturated rings. The molecule has 2 rings (SSSR count). The molecule has 0 unspecified atom stereocenters. The predicted molar refractivity (Wildman–Crippen MR) is 72.0 cm³/mol. The Kier molecular flexibility index (Phi) is 3.95. The summed E-state index contributed by atoms with van der Waals surface area (Å²) in [5, 5.41) is 4.28. The van der Waals surface area contributed by atoms with Crippen molar-refractivity contribution < 1.29 is 4.74 Å². The van der Waals surface area contributed by atoms with Crippen molar-refractivity contribution >= 4 is 11.6 Å². The molecule has 0 bridgehead atoms. The third-order valence-electron chi connectivity index (χ3n) is 3.86. The van der Waals surface area contributed by atoms with Crippen molar-refractivity contribution in [1.82, 2.24) is 5.32 Å². The van der Waals surface area contributed by atoms with Gasteiger partial charge in [-0.3, -0.25) is 0 Å². The maximum atomic E-state index is 6.07. The van der Waals surface area contributed by atoms with E-state index in [0.717, 1.165) is 17.2 Å². The Morgan fingerprint density at radius 1 is 1.35 bits per heavy atom. The standard InChI is InChI=1S/C14H20ClNO/c1-16-14(7-3-4-8-14)10-11-9-12(15)5-6-13(11)17-2/h5-6,9,16H,3-4,7-8,10H2,1-2H3. The SMILES string of the molecule is CNC1(Cc2cc(Cl)ccc2OC)CCCC1. The second kappa shape index (κ2) is 5.28. The van der Waals surface area contributed by atoms with Gasteiger partial charge in [0.1, 0.15) is 5.75 Å². The molecule has 0 aliphatic heterocycles. The van der Waals surface area contributed by atoms with Gasteiger partial charge < -0.3 is 10.1 Å². The van der Waals surface area contributed by atoms with Crippen molar-refractivity contribution in [3.05, 3.63) is 28.8 Å². The van der Waals surface area contributed by atoms with E-state index in [-0.39, 0.29) is 5.54 Å². The number of halogens is 1. The maximum Gasteiger partial charge on any atom is 0.122 e. The molecule has 0 aromatic heterocycles. The lowest BCUT2D eigenvalue weighted by Gasteiger charge is -2.29. The number of likely N-dealkylation sites (N-methyl/N-ethyl adjacent to an activating group) is 1. The second-order valence-electron chi connectivity index (χ2n) is 4.87. The number of hydrogen-bond acceptors (Lipinski definition) is 2. The fourth-order valence-corrected chi connectivity index (χ4v) is 3.01. The largest absolute Gasteiger partial charge is 0.496 e. The molecule has 1 N–H and O–H groups in total. The average molecular weight is 254 g/mol. The summed E-state index contributed by atoms with van der Waals surface area (Å²) in [6, 6.07) is 5.86. The molecule has 0 saturated heterocycles. The van der Waals surface area contributed by atoms with Crippen LogP contribution in [-0.2, 0) is 6.42 Å². The van der Waals surface area contributed by atoms with Crippen LogP contribution in [0, 0.1) is 0 Å². The molecule has 0 spiro atoms. The monoisotopic (exact) mass is 253 g/mol. The molecular formula is C14H20ClNO. The molecule has 0 radical (unpaired) electrons. The molecule has 2 nitrogen and oxygen atoms in total. The average Bonchev–Trinajstić information content (AvgIpc) is 2.79. The molecule has 1 aromatic rings. The zero-order chi connectivity index (χ0) is 12.3. The van der Waals surface area contributed by atoms with Crippen molar-refractivity contribution in [1.29, 1.82) is 0 Å². The summed E-state index contributed by atoms with van der Waals surface area (Å²) in [5.74, 6) is 0.941. The van der Waals surface area contributed by atoms with Crippen LogP contribution >= 0.6 is 11.6 Å². The Balaban J connectivity index is 2.24. The van der Waals surface area contributed by atoms with E-state index in [1.54, 1.807) is 7.11 Å². The topological polar surface area (TPSA) is 21.3 Å². The zero-order valence-corrected chi connectivity index (χ0v) is 11.3. The van der Waals surface area contributed by atoms with Crippen LogP contribution in [0.4, 0.5) is 0 Å². The van der Waals surface area contributed by atoms with Crippen molar-refractivity contribution in [3.63, 3.8) is 0 Å². The first kappa shape index (κ1) is 12.7.